The molecule has 0 aromatic carbocycles. The van der Waals surface area contributed by atoms with Gasteiger partial charge in [0, 0.05) is 24.5 Å². The van der Waals surface area contributed by atoms with Gasteiger partial charge in [0.25, 0.3) is 11.7 Å². The van der Waals surface area contributed by atoms with Crippen molar-refractivity contribution in [3.05, 3.63) is 23.3 Å². The molecule has 0 spiro atoms. The lowest BCUT2D eigenvalue weighted by molar-refractivity contribution is 0.0943. The number of fused-ring (bicyclic) bond motifs is 1. The summed E-state index contributed by atoms with van der Waals surface area (Å²) in [5, 5.41) is 6.75. The predicted molar refractivity (Wildman–Crippen MR) is 80.1 cm³/mol. The number of aromatic nitrogens is 4. The summed E-state index contributed by atoms with van der Waals surface area (Å²) in [5.74, 6) is 0.000531. The second-order valence-electron chi connectivity index (χ2n) is 4.96. The van der Waals surface area contributed by atoms with Crippen LogP contribution in [0.3, 0.4) is 0 Å². The lowest BCUT2D eigenvalue weighted by Crippen LogP contribution is -2.29. The van der Waals surface area contributed by atoms with Crippen molar-refractivity contribution in [1.82, 2.24) is 29.6 Å². The monoisotopic (exact) mass is 326 g/mol. The van der Waals surface area contributed by atoms with Crippen LogP contribution in [-0.2, 0) is 10.0 Å². The van der Waals surface area contributed by atoms with Crippen LogP contribution >= 0.6 is 0 Å². The molecule has 2 N–H and O–H groups in total. The second kappa shape index (κ2) is 6.36. The first-order chi connectivity index (χ1) is 10.3. The van der Waals surface area contributed by atoms with Crippen LogP contribution in [0.2, 0.25) is 0 Å². The van der Waals surface area contributed by atoms with Crippen molar-refractivity contribution in [3.63, 3.8) is 0 Å². The van der Waals surface area contributed by atoms with Gasteiger partial charge in [0.15, 0.2) is 0 Å². The molecule has 0 radical (unpaired) electrons. The predicted octanol–water partition coefficient (Wildman–Crippen LogP) is -0.590. The van der Waals surface area contributed by atoms with E-state index >= 15 is 0 Å². The van der Waals surface area contributed by atoms with Crippen molar-refractivity contribution in [2.75, 3.05) is 19.3 Å². The highest BCUT2D eigenvalue weighted by Gasteiger charge is 2.14. The molecule has 22 heavy (non-hydrogen) atoms. The van der Waals surface area contributed by atoms with E-state index in [2.05, 4.69) is 25.1 Å². The van der Waals surface area contributed by atoms with Gasteiger partial charge in [-0.25, -0.2) is 22.6 Å². The molecule has 120 valence electrons. The van der Waals surface area contributed by atoms with Crippen molar-refractivity contribution in [1.29, 1.82) is 0 Å². The smallest absolute Gasteiger partial charge is 0.291 e. The number of hydrogen-bond acceptors (Lipinski definition) is 6. The number of carbonyl (C=O) groups excluding carboxylic acids is 1. The molecule has 0 fully saturated rings. The van der Waals surface area contributed by atoms with Gasteiger partial charge in [-0.05, 0) is 26.3 Å². The van der Waals surface area contributed by atoms with E-state index in [1.807, 2.05) is 19.9 Å². The Kier molecular flexibility index (Phi) is 4.71. The summed E-state index contributed by atoms with van der Waals surface area (Å²) in [4.78, 5) is 20.3. The summed E-state index contributed by atoms with van der Waals surface area (Å²) >= 11 is 0. The number of sulfonamides is 1. The second-order valence-corrected chi connectivity index (χ2v) is 6.80. The van der Waals surface area contributed by atoms with Crippen LogP contribution in [0.5, 0.6) is 0 Å². The standard InChI is InChI=1S/C12H18N6O3S/c1-8-7-9(2)18-12(15-8)16-10(17-18)11(19)13-5-4-6-14-22(3,20)21/h7,14H,4-6H2,1-3H3,(H,13,19). The number of rotatable bonds is 6. The van der Waals surface area contributed by atoms with E-state index in [0.717, 1.165) is 17.6 Å². The molecule has 2 aromatic heterocycles. The van der Waals surface area contributed by atoms with Crippen LogP contribution in [0.4, 0.5) is 0 Å². The lowest BCUT2D eigenvalue weighted by atomic mass is 10.4. The molecule has 0 saturated heterocycles. The van der Waals surface area contributed by atoms with Gasteiger partial charge >= 0.3 is 0 Å². The number of nitrogens with zero attached hydrogens (tertiary/aromatic N) is 4. The van der Waals surface area contributed by atoms with Crippen LogP contribution in [0.1, 0.15) is 28.4 Å². The van der Waals surface area contributed by atoms with Crippen LogP contribution in [-0.4, -0.2) is 53.3 Å². The third-order valence-corrected chi connectivity index (χ3v) is 3.55. The highest BCUT2D eigenvalue weighted by molar-refractivity contribution is 7.88. The number of carbonyl (C=O) groups is 1. The topological polar surface area (TPSA) is 118 Å². The van der Waals surface area contributed by atoms with Gasteiger partial charge in [-0.15, -0.1) is 5.10 Å². The van der Waals surface area contributed by atoms with Crippen molar-refractivity contribution in [2.24, 2.45) is 0 Å². The van der Waals surface area contributed by atoms with Crippen LogP contribution in [0.25, 0.3) is 5.78 Å². The minimum atomic E-state index is -3.20. The van der Waals surface area contributed by atoms with Gasteiger partial charge < -0.3 is 5.32 Å². The van der Waals surface area contributed by atoms with Crippen molar-refractivity contribution in [3.8, 4) is 0 Å². The molecule has 0 aliphatic carbocycles. The largest absolute Gasteiger partial charge is 0.349 e. The first kappa shape index (κ1) is 16.3. The fourth-order valence-corrected chi connectivity index (χ4v) is 2.40. The molecule has 0 bridgehead atoms. The summed E-state index contributed by atoms with van der Waals surface area (Å²) in [6.07, 6.45) is 1.56. The van der Waals surface area contributed by atoms with Crippen molar-refractivity contribution >= 4 is 21.7 Å². The van der Waals surface area contributed by atoms with Crippen LogP contribution < -0.4 is 10.0 Å². The summed E-state index contributed by atoms with van der Waals surface area (Å²) < 4.78 is 25.6. The third kappa shape index (κ3) is 4.21. The molecular weight excluding hydrogens is 308 g/mol. The van der Waals surface area contributed by atoms with Crippen molar-refractivity contribution in [2.45, 2.75) is 20.3 Å². The molecular formula is C12H18N6O3S. The van der Waals surface area contributed by atoms with Gasteiger partial charge in [-0.2, -0.15) is 4.98 Å². The molecule has 0 unspecified atom stereocenters. The maximum Gasteiger partial charge on any atom is 0.291 e. The van der Waals surface area contributed by atoms with Gasteiger partial charge in [0.2, 0.25) is 15.8 Å². The lowest BCUT2D eigenvalue weighted by Gasteiger charge is -2.03. The molecule has 2 rings (SSSR count). The number of nitrogens with one attached hydrogen (secondary N) is 2. The molecule has 2 heterocycles. The van der Waals surface area contributed by atoms with Gasteiger partial charge in [-0.1, -0.05) is 0 Å². The molecule has 0 aliphatic rings. The Bertz CT molecular complexity index is 799. The Hall–Kier alpha value is -2.07. The summed E-state index contributed by atoms with van der Waals surface area (Å²) in [6.45, 7) is 4.28. The van der Waals surface area contributed by atoms with E-state index in [0.29, 0.717) is 18.7 Å². The first-order valence-electron chi connectivity index (χ1n) is 6.70. The van der Waals surface area contributed by atoms with Crippen LogP contribution in [0, 0.1) is 13.8 Å². The normalized spacial score (nSPS) is 11.8. The first-order valence-corrected chi connectivity index (χ1v) is 8.59. The van der Waals surface area contributed by atoms with Gasteiger partial charge in [0.05, 0.1) is 6.26 Å². The minimum Gasteiger partial charge on any atom is -0.349 e. The number of amides is 1. The number of aryl methyl sites for hydroxylation is 2. The molecule has 0 atom stereocenters. The Morgan fingerprint density at radius 1 is 1.27 bits per heavy atom. The maximum absolute atomic E-state index is 12.0. The average molecular weight is 326 g/mol. The molecule has 1 amide bonds. The summed E-state index contributed by atoms with van der Waals surface area (Å²) in [7, 11) is -3.20. The molecule has 10 heteroatoms. The van der Waals surface area contributed by atoms with Crippen LogP contribution in [0.15, 0.2) is 6.07 Å². The average Bonchev–Trinajstić information content (AvgIpc) is 2.81. The quantitative estimate of drug-likeness (QED) is 0.685. The van der Waals surface area contributed by atoms with Gasteiger partial charge in [0.1, 0.15) is 0 Å². The van der Waals surface area contributed by atoms with E-state index in [-0.39, 0.29) is 12.4 Å². The Morgan fingerprint density at radius 2 is 2.00 bits per heavy atom. The third-order valence-electron chi connectivity index (χ3n) is 2.82. The van der Waals surface area contributed by atoms with E-state index in [4.69, 9.17) is 0 Å². The molecule has 0 aliphatic heterocycles. The van der Waals surface area contributed by atoms with E-state index in [1.165, 1.54) is 4.52 Å². The Labute approximate surface area is 128 Å². The van der Waals surface area contributed by atoms with E-state index in [1.54, 1.807) is 0 Å². The highest BCUT2D eigenvalue weighted by Crippen LogP contribution is 2.05. The Morgan fingerprint density at radius 3 is 2.68 bits per heavy atom. The fraction of sp³-hybridized carbons (Fsp3) is 0.500. The van der Waals surface area contributed by atoms with E-state index in [9.17, 15) is 13.2 Å². The summed E-state index contributed by atoms with van der Waals surface area (Å²) in [5.41, 5.74) is 1.64. The molecule has 9 nitrogen and oxygen atoms in total. The summed E-state index contributed by atoms with van der Waals surface area (Å²) in [6, 6.07) is 1.85. The fourth-order valence-electron chi connectivity index (χ4n) is 1.89. The van der Waals surface area contributed by atoms with Crippen molar-refractivity contribution < 1.29 is 13.2 Å². The number of hydrogen-bond donors (Lipinski definition) is 2. The zero-order valence-electron chi connectivity index (χ0n) is 12.6. The van der Waals surface area contributed by atoms with Gasteiger partial charge in [-0.3, -0.25) is 4.79 Å². The highest BCUT2D eigenvalue weighted by atomic mass is 32.2. The van der Waals surface area contributed by atoms with E-state index < -0.39 is 15.9 Å². The Balaban J connectivity index is 1.94. The SMILES string of the molecule is Cc1cc(C)n2nc(C(=O)NCCCNS(C)(=O)=O)nc2n1. The molecule has 0 saturated carbocycles. The minimum absolute atomic E-state index is 0.0391. The maximum atomic E-state index is 12.0. The zero-order chi connectivity index (χ0) is 16.3. The zero-order valence-corrected chi connectivity index (χ0v) is 13.4. The molecule has 2 aromatic rings.